The molecule has 36 heavy (non-hydrogen) atoms. The van der Waals surface area contributed by atoms with Gasteiger partial charge in [-0.1, -0.05) is 30.9 Å². The summed E-state index contributed by atoms with van der Waals surface area (Å²) in [6.07, 6.45) is 9.57. The normalized spacial score (nSPS) is 16.2. The molecule has 7 nitrogen and oxygen atoms in total. The van der Waals surface area contributed by atoms with E-state index in [9.17, 15) is 14.3 Å². The Balaban J connectivity index is 1.81. The van der Waals surface area contributed by atoms with Crippen molar-refractivity contribution in [2.24, 2.45) is 5.92 Å². The van der Waals surface area contributed by atoms with Gasteiger partial charge in [-0.15, -0.1) is 0 Å². The molecule has 4 heterocycles. The second-order valence-corrected chi connectivity index (χ2v) is 9.74. The Kier molecular flexibility index (Phi) is 6.42. The number of fused-ring (bicyclic) bond motifs is 1. The lowest BCUT2D eigenvalue weighted by Gasteiger charge is -2.27. The molecule has 5 rings (SSSR count). The molecule has 1 aliphatic rings. The SMILES string of the molecule is CC(F)(c1ncccc1F)c1cc2nc(C(=O)O)nc(-c3cncc(Cl)c3)c2n1CC1CCCCC1. The van der Waals surface area contributed by atoms with Gasteiger partial charge in [-0.25, -0.2) is 23.5 Å². The number of nitrogens with zero attached hydrogens (tertiary/aromatic N) is 5. The smallest absolute Gasteiger partial charge is 0.373 e. The Bertz CT molecular complexity index is 1450. The van der Waals surface area contributed by atoms with Crippen molar-refractivity contribution in [2.75, 3.05) is 0 Å². The van der Waals surface area contributed by atoms with Crippen LogP contribution < -0.4 is 0 Å². The maximum Gasteiger partial charge on any atom is 0.373 e. The second kappa shape index (κ2) is 9.54. The van der Waals surface area contributed by atoms with E-state index < -0.39 is 23.3 Å². The summed E-state index contributed by atoms with van der Waals surface area (Å²) in [5.74, 6) is -2.27. The van der Waals surface area contributed by atoms with Crippen LogP contribution in [-0.2, 0) is 12.2 Å². The molecule has 186 valence electrons. The van der Waals surface area contributed by atoms with Crippen molar-refractivity contribution < 1.29 is 18.7 Å². The van der Waals surface area contributed by atoms with Crippen LogP contribution >= 0.6 is 11.6 Å². The lowest BCUT2D eigenvalue weighted by molar-refractivity contribution is 0.0684. The predicted molar refractivity (Wildman–Crippen MR) is 131 cm³/mol. The number of carboxylic acid groups (broad SMARTS) is 1. The molecule has 0 amide bonds. The quantitative estimate of drug-likeness (QED) is 0.331. The largest absolute Gasteiger partial charge is 0.475 e. The lowest BCUT2D eigenvalue weighted by atomic mass is 9.89. The number of rotatable bonds is 6. The maximum atomic E-state index is 16.6. The minimum absolute atomic E-state index is 0.133. The Morgan fingerprint density at radius 1 is 1.22 bits per heavy atom. The second-order valence-electron chi connectivity index (χ2n) is 9.31. The minimum Gasteiger partial charge on any atom is -0.475 e. The summed E-state index contributed by atoms with van der Waals surface area (Å²) in [4.78, 5) is 28.5. The molecule has 1 N–H and O–H groups in total. The summed E-state index contributed by atoms with van der Waals surface area (Å²) in [6, 6.07) is 5.66. The standard InChI is InChI=1S/C26H24ClF2N5O2/c1-26(29,23-18(28)8-5-9-31-23)20-11-19-22(34(20)14-15-6-3-2-4-7-15)21(33-24(32-19)25(35)36)16-10-17(27)13-30-12-16/h5,8-13,15H,2-4,6-7,14H2,1H3,(H,35,36). The lowest BCUT2D eigenvalue weighted by Crippen LogP contribution is -2.26. The third-order valence-corrected chi connectivity index (χ3v) is 6.97. The number of carbonyl (C=O) groups is 1. The van der Waals surface area contributed by atoms with E-state index in [-0.39, 0.29) is 28.5 Å². The van der Waals surface area contributed by atoms with Gasteiger partial charge < -0.3 is 9.67 Å². The number of hydrogen-bond donors (Lipinski definition) is 1. The fourth-order valence-electron chi connectivity index (χ4n) is 5.06. The van der Waals surface area contributed by atoms with Gasteiger partial charge in [0.2, 0.25) is 5.82 Å². The van der Waals surface area contributed by atoms with Gasteiger partial charge in [0.05, 0.1) is 21.7 Å². The Morgan fingerprint density at radius 3 is 2.69 bits per heavy atom. The first kappa shape index (κ1) is 24.2. The van der Waals surface area contributed by atoms with Crippen LogP contribution in [-0.4, -0.2) is 35.6 Å². The van der Waals surface area contributed by atoms with Crippen LogP contribution in [0.1, 0.15) is 61.0 Å². The summed E-state index contributed by atoms with van der Waals surface area (Å²) in [7, 11) is 0. The molecule has 1 aliphatic carbocycles. The van der Waals surface area contributed by atoms with Crippen LogP contribution in [0.15, 0.2) is 42.9 Å². The first-order valence-corrected chi connectivity index (χ1v) is 12.2. The molecule has 10 heteroatoms. The Labute approximate surface area is 211 Å². The van der Waals surface area contributed by atoms with Crippen LogP contribution in [0.4, 0.5) is 8.78 Å². The zero-order valence-electron chi connectivity index (χ0n) is 19.6. The van der Waals surface area contributed by atoms with E-state index in [1.807, 2.05) is 0 Å². The molecule has 0 radical (unpaired) electrons. The highest BCUT2D eigenvalue weighted by molar-refractivity contribution is 6.30. The van der Waals surface area contributed by atoms with Crippen molar-refractivity contribution in [2.45, 2.75) is 51.2 Å². The number of hydrogen-bond acceptors (Lipinski definition) is 5. The molecule has 0 aliphatic heterocycles. The average Bonchev–Trinajstić information content (AvgIpc) is 3.23. The minimum atomic E-state index is -2.33. The van der Waals surface area contributed by atoms with Gasteiger partial charge in [0.1, 0.15) is 17.2 Å². The first-order valence-electron chi connectivity index (χ1n) is 11.8. The molecule has 0 saturated heterocycles. The molecule has 4 aromatic rings. The monoisotopic (exact) mass is 511 g/mol. The van der Waals surface area contributed by atoms with E-state index >= 15 is 4.39 Å². The summed E-state index contributed by atoms with van der Waals surface area (Å²) in [5, 5.41) is 10.0. The number of pyridine rings is 2. The molecule has 1 saturated carbocycles. The van der Waals surface area contributed by atoms with Gasteiger partial charge in [0.25, 0.3) is 0 Å². The van der Waals surface area contributed by atoms with Crippen LogP contribution in [0, 0.1) is 11.7 Å². The molecule has 1 fully saturated rings. The average molecular weight is 512 g/mol. The summed E-state index contributed by atoms with van der Waals surface area (Å²) in [5.41, 5.74) is -1.12. The van der Waals surface area contributed by atoms with Gasteiger partial charge in [-0.2, -0.15) is 0 Å². The molecular weight excluding hydrogens is 488 g/mol. The van der Waals surface area contributed by atoms with Crippen molar-refractivity contribution in [1.82, 2.24) is 24.5 Å². The fraction of sp³-hybridized carbons (Fsp3) is 0.346. The topological polar surface area (TPSA) is 93.8 Å². The number of aromatic carboxylic acids is 1. The van der Waals surface area contributed by atoms with Gasteiger partial charge >= 0.3 is 5.97 Å². The van der Waals surface area contributed by atoms with Crippen molar-refractivity contribution >= 4 is 28.6 Å². The fourth-order valence-corrected chi connectivity index (χ4v) is 5.24. The number of aromatic nitrogens is 5. The van der Waals surface area contributed by atoms with Crippen LogP contribution in [0.3, 0.4) is 0 Å². The van der Waals surface area contributed by atoms with E-state index in [0.717, 1.165) is 32.1 Å². The van der Waals surface area contributed by atoms with Crippen molar-refractivity contribution in [3.8, 4) is 11.3 Å². The molecule has 1 unspecified atom stereocenters. The van der Waals surface area contributed by atoms with Crippen LogP contribution in [0.25, 0.3) is 22.3 Å². The summed E-state index contributed by atoms with van der Waals surface area (Å²) in [6.45, 7) is 1.71. The van der Waals surface area contributed by atoms with Crippen molar-refractivity contribution in [1.29, 1.82) is 0 Å². The molecule has 0 bridgehead atoms. The molecular formula is C26H24ClF2N5O2. The number of halogens is 3. The van der Waals surface area contributed by atoms with Gasteiger partial charge in [0, 0.05) is 30.7 Å². The van der Waals surface area contributed by atoms with E-state index in [2.05, 4.69) is 19.9 Å². The zero-order valence-corrected chi connectivity index (χ0v) is 20.3. The maximum absolute atomic E-state index is 16.6. The van der Waals surface area contributed by atoms with E-state index in [4.69, 9.17) is 11.6 Å². The molecule has 0 spiro atoms. The molecule has 0 aromatic carbocycles. The van der Waals surface area contributed by atoms with E-state index in [0.29, 0.717) is 22.6 Å². The third-order valence-electron chi connectivity index (χ3n) is 6.76. The Morgan fingerprint density at radius 2 is 2.00 bits per heavy atom. The highest BCUT2D eigenvalue weighted by atomic mass is 35.5. The van der Waals surface area contributed by atoms with E-state index in [1.165, 1.54) is 43.7 Å². The number of alkyl halides is 1. The zero-order chi connectivity index (χ0) is 25.4. The molecule has 4 aromatic heterocycles. The van der Waals surface area contributed by atoms with Crippen molar-refractivity contribution in [3.05, 3.63) is 70.9 Å². The van der Waals surface area contributed by atoms with Crippen LogP contribution in [0.5, 0.6) is 0 Å². The van der Waals surface area contributed by atoms with Gasteiger partial charge in [0.15, 0.2) is 5.67 Å². The Hall–Kier alpha value is -3.46. The highest BCUT2D eigenvalue weighted by Gasteiger charge is 2.38. The van der Waals surface area contributed by atoms with Gasteiger partial charge in [-0.3, -0.25) is 9.97 Å². The third kappa shape index (κ3) is 4.43. The summed E-state index contributed by atoms with van der Waals surface area (Å²) >= 11 is 6.18. The van der Waals surface area contributed by atoms with Crippen LogP contribution in [0.2, 0.25) is 5.02 Å². The van der Waals surface area contributed by atoms with E-state index in [1.54, 1.807) is 10.6 Å². The van der Waals surface area contributed by atoms with Gasteiger partial charge in [-0.05, 0) is 49.9 Å². The number of carboxylic acids is 1. The molecule has 1 atom stereocenters. The van der Waals surface area contributed by atoms with Crippen molar-refractivity contribution in [3.63, 3.8) is 0 Å². The highest BCUT2D eigenvalue weighted by Crippen LogP contribution is 2.40. The predicted octanol–water partition coefficient (Wildman–Crippen LogP) is 6.19. The summed E-state index contributed by atoms with van der Waals surface area (Å²) < 4.78 is 33.1. The first-order chi connectivity index (χ1) is 17.3.